The lowest BCUT2D eigenvalue weighted by molar-refractivity contribution is 0.0951. The van der Waals surface area contributed by atoms with E-state index in [1.54, 1.807) is 13.1 Å². The minimum absolute atomic E-state index is 0.108. The maximum atomic E-state index is 12.2. The Labute approximate surface area is 127 Å². The van der Waals surface area contributed by atoms with Crippen molar-refractivity contribution in [1.82, 2.24) is 10.3 Å². The molecule has 0 spiro atoms. The highest BCUT2D eigenvalue weighted by atomic mass is 35.5. The first kappa shape index (κ1) is 14.8. The number of pyridine rings is 1. The number of hydrogen-bond donors (Lipinski definition) is 2. The Hall–Kier alpha value is -1.59. The maximum absolute atomic E-state index is 12.2. The van der Waals surface area contributed by atoms with Gasteiger partial charge >= 0.3 is 0 Å². The number of nitrogens with zero attached hydrogens (tertiary/aromatic N) is 1. The molecule has 0 saturated carbocycles. The third-order valence-electron chi connectivity index (χ3n) is 2.81. The van der Waals surface area contributed by atoms with Crippen molar-refractivity contribution in [2.24, 2.45) is 0 Å². The van der Waals surface area contributed by atoms with Gasteiger partial charge in [0.1, 0.15) is 5.82 Å². The molecule has 0 unspecified atom stereocenters. The van der Waals surface area contributed by atoms with Gasteiger partial charge in [0, 0.05) is 23.2 Å². The van der Waals surface area contributed by atoms with E-state index in [1.807, 2.05) is 25.1 Å². The van der Waals surface area contributed by atoms with Gasteiger partial charge < -0.3 is 10.6 Å². The van der Waals surface area contributed by atoms with Crippen molar-refractivity contribution in [1.29, 1.82) is 0 Å². The summed E-state index contributed by atoms with van der Waals surface area (Å²) in [5.41, 5.74) is 1.50. The van der Waals surface area contributed by atoms with Crippen LogP contribution in [0.25, 0.3) is 0 Å². The molecule has 0 saturated heterocycles. The third-order valence-corrected chi connectivity index (χ3v) is 4.04. The molecule has 106 valence electrons. The molecule has 2 aromatic heterocycles. The summed E-state index contributed by atoms with van der Waals surface area (Å²) in [6.07, 6.45) is 0.788. The molecule has 0 aliphatic heterocycles. The van der Waals surface area contributed by atoms with Crippen LogP contribution in [0, 0.1) is 0 Å². The van der Waals surface area contributed by atoms with Gasteiger partial charge in [-0.05, 0) is 30.7 Å². The zero-order valence-corrected chi connectivity index (χ0v) is 12.9. The first-order chi connectivity index (χ1) is 9.62. The average Bonchev–Trinajstić information content (AvgIpc) is 2.89. The minimum Gasteiger partial charge on any atom is -0.373 e. The van der Waals surface area contributed by atoms with Crippen LogP contribution in [0.15, 0.2) is 24.3 Å². The predicted molar refractivity (Wildman–Crippen MR) is 83.7 cm³/mol. The van der Waals surface area contributed by atoms with E-state index in [9.17, 15) is 4.79 Å². The summed E-state index contributed by atoms with van der Waals surface area (Å²) >= 11 is 7.33. The van der Waals surface area contributed by atoms with Gasteiger partial charge in [0.05, 0.1) is 10.9 Å². The van der Waals surface area contributed by atoms with Crippen molar-refractivity contribution in [3.63, 3.8) is 0 Å². The Morgan fingerprint density at radius 2 is 2.20 bits per heavy atom. The summed E-state index contributed by atoms with van der Waals surface area (Å²) in [5.74, 6) is 0.594. The number of halogens is 1. The van der Waals surface area contributed by atoms with Crippen LogP contribution in [0.1, 0.15) is 27.9 Å². The van der Waals surface area contributed by atoms with E-state index in [0.717, 1.165) is 21.3 Å². The number of aryl methyl sites for hydroxylation is 1. The van der Waals surface area contributed by atoms with Crippen molar-refractivity contribution < 1.29 is 4.79 Å². The van der Waals surface area contributed by atoms with E-state index < -0.39 is 0 Å². The lowest BCUT2D eigenvalue weighted by Gasteiger charge is -2.08. The van der Waals surface area contributed by atoms with Crippen LogP contribution in [0.2, 0.25) is 4.34 Å². The number of anilines is 1. The van der Waals surface area contributed by atoms with Crippen molar-refractivity contribution in [3.8, 4) is 0 Å². The van der Waals surface area contributed by atoms with Gasteiger partial charge in [-0.2, -0.15) is 0 Å². The van der Waals surface area contributed by atoms with Crippen LogP contribution >= 0.6 is 22.9 Å². The summed E-state index contributed by atoms with van der Waals surface area (Å²) in [5, 5.41) is 5.86. The van der Waals surface area contributed by atoms with E-state index in [0.29, 0.717) is 17.9 Å². The van der Waals surface area contributed by atoms with Crippen LogP contribution in [0.3, 0.4) is 0 Å². The van der Waals surface area contributed by atoms with Crippen LogP contribution in [-0.4, -0.2) is 17.9 Å². The number of amides is 1. The second kappa shape index (κ2) is 6.72. The van der Waals surface area contributed by atoms with E-state index in [-0.39, 0.29) is 5.91 Å². The summed E-state index contributed by atoms with van der Waals surface area (Å²) in [6.45, 7) is 2.49. The number of thiophene rings is 1. The molecular weight excluding hydrogens is 294 g/mol. The van der Waals surface area contributed by atoms with Gasteiger partial charge in [-0.1, -0.05) is 18.5 Å². The Kier molecular flexibility index (Phi) is 4.98. The van der Waals surface area contributed by atoms with E-state index in [2.05, 4.69) is 15.6 Å². The summed E-state index contributed by atoms with van der Waals surface area (Å²) in [7, 11) is 1.79. The van der Waals surface area contributed by atoms with E-state index in [1.165, 1.54) is 11.3 Å². The number of nitrogens with one attached hydrogen (secondary N) is 2. The Morgan fingerprint density at radius 3 is 2.80 bits per heavy atom. The normalized spacial score (nSPS) is 10.3. The summed E-state index contributed by atoms with van der Waals surface area (Å²) in [6, 6.07) is 7.30. The van der Waals surface area contributed by atoms with Gasteiger partial charge in [0.15, 0.2) is 0 Å². The Bertz CT molecular complexity index is 590. The predicted octanol–water partition coefficient (Wildman–Crippen LogP) is 3.33. The molecule has 2 aromatic rings. The van der Waals surface area contributed by atoms with Crippen LogP contribution in [0.5, 0.6) is 0 Å². The molecule has 0 fully saturated rings. The highest BCUT2D eigenvalue weighted by Gasteiger charge is 2.09. The number of hydrogen-bond acceptors (Lipinski definition) is 4. The molecule has 0 aromatic carbocycles. The lowest BCUT2D eigenvalue weighted by atomic mass is 10.2. The zero-order valence-electron chi connectivity index (χ0n) is 11.4. The summed E-state index contributed by atoms with van der Waals surface area (Å²) in [4.78, 5) is 17.6. The standard InChI is InChI=1S/C14H16ClN3OS/c1-3-10-6-9(7-13(16-2)18-10)14(19)17-8-11-4-5-12(15)20-11/h4-7H,3,8H2,1-2H3,(H,16,18)(H,17,19). The van der Waals surface area contributed by atoms with E-state index in [4.69, 9.17) is 11.6 Å². The van der Waals surface area contributed by atoms with Crippen molar-refractivity contribution in [2.45, 2.75) is 19.9 Å². The van der Waals surface area contributed by atoms with Gasteiger partial charge in [0.2, 0.25) is 0 Å². The fourth-order valence-corrected chi connectivity index (χ4v) is 2.77. The number of carbonyl (C=O) groups is 1. The van der Waals surface area contributed by atoms with Crippen molar-refractivity contribution >= 4 is 34.7 Å². The van der Waals surface area contributed by atoms with Crippen LogP contribution < -0.4 is 10.6 Å². The fourth-order valence-electron chi connectivity index (χ4n) is 1.74. The highest BCUT2D eigenvalue weighted by molar-refractivity contribution is 7.16. The molecule has 0 atom stereocenters. The van der Waals surface area contributed by atoms with E-state index >= 15 is 0 Å². The highest BCUT2D eigenvalue weighted by Crippen LogP contribution is 2.21. The smallest absolute Gasteiger partial charge is 0.251 e. The maximum Gasteiger partial charge on any atom is 0.251 e. The molecule has 2 N–H and O–H groups in total. The number of aromatic nitrogens is 1. The molecule has 4 nitrogen and oxygen atoms in total. The number of rotatable bonds is 5. The monoisotopic (exact) mass is 309 g/mol. The first-order valence-corrected chi connectivity index (χ1v) is 7.53. The molecule has 0 radical (unpaired) electrons. The molecule has 0 aliphatic carbocycles. The van der Waals surface area contributed by atoms with Gasteiger partial charge in [-0.3, -0.25) is 4.79 Å². The Morgan fingerprint density at radius 1 is 1.40 bits per heavy atom. The lowest BCUT2D eigenvalue weighted by Crippen LogP contribution is -2.22. The van der Waals surface area contributed by atoms with Crippen molar-refractivity contribution in [2.75, 3.05) is 12.4 Å². The Balaban J connectivity index is 2.08. The second-order valence-corrected chi connectivity index (χ2v) is 6.02. The largest absolute Gasteiger partial charge is 0.373 e. The minimum atomic E-state index is -0.108. The van der Waals surface area contributed by atoms with Gasteiger partial charge in [-0.25, -0.2) is 4.98 Å². The van der Waals surface area contributed by atoms with Crippen LogP contribution in [0.4, 0.5) is 5.82 Å². The van der Waals surface area contributed by atoms with Crippen molar-refractivity contribution in [3.05, 3.63) is 44.7 Å². The molecule has 20 heavy (non-hydrogen) atoms. The molecule has 0 bridgehead atoms. The number of carbonyl (C=O) groups excluding carboxylic acids is 1. The van der Waals surface area contributed by atoms with Gasteiger partial charge in [-0.15, -0.1) is 11.3 Å². The molecule has 2 heterocycles. The zero-order chi connectivity index (χ0) is 14.5. The molecular formula is C14H16ClN3OS. The second-order valence-electron chi connectivity index (χ2n) is 4.22. The van der Waals surface area contributed by atoms with Crippen LogP contribution in [-0.2, 0) is 13.0 Å². The van der Waals surface area contributed by atoms with Gasteiger partial charge in [0.25, 0.3) is 5.91 Å². The molecule has 1 amide bonds. The average molecular weight is 310 g/mol. The topological polar surface area (TPSA) is 54.0 Å². The molecule has 2 rings (SSSR count). The molecule has 0 aliphatic rings. The quantitative estimate of drug-likeness (QED) is 0.890. The first-order valence-electron chi connectivity index (χ1n) is 6.33. The molecule has 6 heteroatoms. The third kappa shape index (κ3) is 3.71. The fraction of sp³-hybridized carbons (Fsp3) is 0.286. The summed E-state index contributed by atoms with van der Waals surface area (Å²) < 4.78 is 0.726. The SMILES string of the molecule is CCc1cc(C(=O)NCc2ccc(Cl)s2)cc(NC)n1.